The van der Waals surface area contributed by atoms with Gasteiger partial charge in [0, 0.05) is 49.4 Å². The van der Waals surface area contributed by atoms with Crippen molar-refractivity contribution in [2.24, 2.45) is 0 Å². The summed E-state index contributed by atoms with van der Waals surface area (Å²) in [7, 11) is 0. The minimum Gasteiger partial charge on any atom is -0.309 e. The zero-order valence-electron chi connectivity index (χ0n) is 29.5. The molecule has 0 radical (unpaired) electrons. The van der Waals surface area contributed by atoms with Crippen LogP contribution in [0.4, 0.5) is 0 Å². The van der Waals surface area contributed by atoms with Gasteiger partial charge < -0.3 is 13.7 Å². The van der Waals surface area contributed by atoms with Crippen LogP contribution in [-0.2, 0) is 0 Å². The van der Waals surface area contributed by atoms with Crippen LogP contribution in [0.3, 0.4) is 0 Å². The number of nitriles is 2. The minimum absolute atomic E-state index is 0.628. The monoisotopic (exact) mass is 699 g/mol. The molecular formula is C50H29N5. The van der Waals surface area contributed by atoms with Crippen LogP contribution < -0.4 is 0 Å². The molecule has 0 fully saturated rings. The van der Waals surface area contributed by atoms with Gasteiger partial charge in [0.15, 0.2) is 0 Å². The quantitative estimate of drug-likeness (QED) is 0.184. The number of aromatic nitrogens is 3. The molecule has 5 nitrogen and oxygen atoms in total. The molecule has 55 heavy (non-hydrogen) atoms. The summed E-state index contributed by atoms with van der Waals surface area (Å²) >= 11 is 0. The molecule has 0 unspecified atom stereocenters. The van der Waals surface area contributed by atoms with Crippen molar-refractivity contribution < 1.29 is 0 Å². The lowest BCUT2D eigenvalue weighted by Crippen LogP contribution is -1.97. The highest BCUT2D eigenvalue weighted by Crippen LogP contribution is 2.38. The van der Waals surface area contributed by atoms with E-state index < -0.39 is 0 Å². The van der Waals surface area contributed by atoms with Crippen LogP contribution in [-0.4, -0.2) is 13.7 Å². The molecule has 0 aliphatic heterocycles. The first-order valence-corrected chi connectivity index (χ1v) is 18.3. The Morgan fingerprint density at radius 2 is 0.782 bits per heavy atom. The van der Waals surface area contributed by atoms with E-state index in [9.17, 15) is 10.5 Å². The van der Waals surface area contributed by atoms with Gasteiger partial charge in [-0.3, -0.25) is 0 Å². The van der Waals surface area contributed by atoms with E-state index in [1.165, 1.54) is 10.8 Å². The van der Waals surface area contributed by atoms with Gasteiger partial charge in [-0.2, -0.15) is 10.5 Å². The predicted octanol–water partition coefficient (Wildman–Crippen LogP) is 12.4. The molecule has 0 atom stereocenters. The van der Waals surface area contributed by atoms with Crippen LogP contribution in [0.1, 0.15) is 11.1 Å². The van der Waals surface area contributed by atoms with E-state index in [1.807, 2.05) is 18.2 Å². The standard InChI is InChI=1S/C50H29N5/c51-30-32-17-24-43-41-11-3-7-15-47(41)55(50(43)27-32)37-23-26-49-44(29-37)42-12-4-8-16-48(42)53(49)35-20-18-33(19-21-35)38-25-22-36(28-34(38)31-52)54-45-13-5-1-9-39(45)40-10-2-6-14-46(40)54/h1-29H. The summed E-state index contributed by atoms with van der Waals surface area (Å²) in [5, 5.41) is 27.1. The van der Waals surface area contributed by atoms with E-state index in [0.717, 1.165) is 82.8 Å². The summed E-state index contributed by atoms with van der Waals surface area (Å²) in [4.78, 5) is 0. The normalized spacial score (nSPS) is 11.6. The van der Waals surface area contributed by atoms with Gasteiger partial charge in [0.1, 0.15) is 0 Å². The third kappa shape index (κ3) is 4.51. The molecule has 0 spiro atoms. The molecular weight excluding hydrogens is 671 g/mol. The largest absolute Gasteiger partial charge is 0.309 e. The van der Waals surface area contributed by atoms with Crippen LogP contribution in [0.5, 0.6) is 0 Å². The molecule has 3 heterocycles. The fourth-order valence-electron chi connectivity index (χ4n) is 8.70. The molecule has 0 bridgehead atoms. The molecule has 3 aromatic heterocycles. The van der Waals surface area contributed by atoms with E-state index in [4.69, 9.17) is 0 Å². The third-order valence-corrected chi connectivity index (χ3v) is 11.1. The molecule has 0 N–H and O–H groups in total. The maximum absolute atomic E-state index is 10.4. The average molecular weight is 700 g/mol. The maximum atomic E-state index is 10.4. The second kappa shape index (κ2) is 11.8. The first kappa shape index (κ1) is 30.7. The molecule has 5 heteroatoms. The van der Waals surface area contributed by atoms with Gasteiger partial charge in [0.25, 0.3) is 0 Å². The molecule has 0 amide bonds. The number of hydrogen-bond acceptors (Lipinski definition) is 2. The van der Waals surface area contributed by atoms with Crippen LogP contribution in [0.2, 0.25) is 0 Å². The SMILES string of the molecule is N#Cc1ccc2c3ccccc3n(-c3ccc4c(c3)c3ccccc3n4-c3ccc(-c4ccc(-n5c6ccccc6c6ccccc65)cc4C#N)cc3)c2c1. The lowest BCUT2D eigenvalue weighted by molar-refractivity contribution is 1.16. The van der Waals surface area contributed by atoms with Crippen molar-refractivity contribution in [1.29, 1.82) is 10.5 Å². The Balaban J connectivity index is 1.02. The first-order chi connectivity index (χ1) is 27.2. The molecule has 8 aromatic carbocycles. The summed E-state index contributed by atoms with van der Waals surface area (Å²) < 4.78 is 6.83. The van der Waals surface area contributed by atoms with E-state index in [1.54, 1.807) is 0 Å². The van der Waals surface area contributed by atoms with Crippen LogP contribution >= 0.6 is 0 Å². The fourth-order valence-corrected chi connectivity index (χ4v) is 8.70. The average Bonchev–Trinajstić information content (AvgIpc) is 3.88. The molecule has 254 valence electrons. The zero-order valence-corrected chi connectivity index (χ0v) is 29.5. The Labute approximate surface area is 316 Å². The van der Waals surface area contributed by atoms with Gasteiger partial charge in [-0.15, -0.1) is 0 Å². The second-order valence-corrected chi connectivity index (χ2v) is 14.0. The lowest BCUT2D eigenvalue weighted by Gasteiger charge is -2.13. The Morgan fingerprint density at radius 1 is 0.327 bits per heavy atom. The third-order valence-electron chi connectivity index (χ3n) is 11.1. The van der Waals surface area contributed by atoms with E-state index in [0.29, 0.717) is 11.1 Å². The first-order valence-electron chi connectivity index (χ1n) is 18.3. The van der Waals surface area contributed by atoms with Gasteiger partial charge >= 0.3 is 0 Å². The summed E-state index contributed by atoms with van der Waals surface area (Å²) in [6, 6.07) is 65.9. The smallest absolute Gasteiger partial charge is 0.0998 e. The minimum atomic E-state index is 0.628. The maximum Gasteiger partial charge on any atom is 0.0998 e. The summed E-state index contributed by atoms with van der Waals surface area (Å²) in [5.74, 6) is 0. The highest BCUT2D eigenvalue weighted by atomic mass is 15.0. The molecule has 11 aromatic rings. The van der Waals surface area contributed by atoms with E-state index in [2.05, 4.69) is 184 Å². The predicted molar refractivity (Wildman–Crippen MR) is 224 cm³/mol. The van der Waals surface area contributed by atoms with Crippen LogP contribution in [0.25, 0.3) is 93.6 Å². The van der Waals surface area contributed by atoms with Gasteiger partial charge in [-0.05, 0) is 90.0 Å². The Bertz CT molecular complexity index is 3400. The topological polar surface area (TPSA) is 62.4 Å². The van der Waals surface area contributed by atoms with Crippen molar-refractivity contribution in [2.75, 3.05) is 0 Å². The van der Waals surface area contributed by atoms with E-state index in [-0.39, 0.29) is 0 Å². The second-order valence-electron chi connectivity index (χ2n) is 14.0. The highest BCUT2D eigenvalue weighted by molar-refractivity contribution is 6.13. The van der Waals surface area contributed by atoms with Crippen molar-refractivity contribution in [1.82, 2.24) is 13.7 Å². The van der Waals surface area contributed by atoms with Crippen molar-refractivity contribution in [3.8, 4) is 40.3 Å². The molecule has 0 aliphatic carbocycles. The van der Waals surface area contributed by atoms with Crippen molar-refractivity contribution in [2.45, 2.75) is 0 Å². The van der Waals surface area contributed by atoms with Gasteiger partial charge in [0.2, 0.25) is 0 Å². The van der Waals surface area contributed by atoms with Crippen molar-refractivity contribution in [3.63, 3.8) is 0 Å². The number of nitrogens with zero attached hydrogens (tertiary/aromatic N) is 5. The molecule has 11 rings (SSSR count). The molecule has 0 aliphatic rings. The molecule has 0 saturated heterocycles. The summed E-state index contributed by atoms with van der Waals surface area (Å²) in [5.41, 5.74) is 12.8. The Morgan fingerprint density at radius 3 is 1.36 bits per heavy atom. The van der Waals surface area contributed by atoms with Crippen LogP contribution in [0.15, 0.2) is 176 Å². The summed E-state index contributed by atoms with van der Waals surface area (Å²) in [6.07, 6.45) is 0. The number of hydrogen-bond donors (Lipinski definition) is 0. The Hall–Kier alpha value is -7.86. The number of rotatable bonds is 4. The zero-order chi connectivity index (χ0) is 36.6. The summed E-state index contributed by atoms with van der Waals surface area (Å²) in [6.45, 7) is 0. The van der Waals surface area contributed by atoms with E-state index >= 15 is 0 Å². The van der Waals surface area contributed by atoms with Crippen LogP contribution in [0, 0.1) is 22.7 Å². The number of para-hydroxylation sites is 4. The fraction of sp³-hybridized carbons (Fsp3) is 0. The number of benzene rings is 8. The number of fused-ring (bicyclic) bond motifs is 9. The molecule has 0 saturated carbocycles. The lowest BCUT2D eigenvalue weighted by atomic mass is 9.99. The van der Waals surface area contributed by atoms with Crippen molar-refractivity contribution in [3.05, 3.63) is 187 Å². The van der Waals surface area contributed by atoms with Gasteiger partial charge in [-0.25, -0.2) is 0 Å². The Kier molecular flexibility index (Phi) is 6.61. The highest BCUT2D eigenvalue weighted by Gasteiger charge is 2.18. The van der Waals surface area contributed by atoms with Gasteiger partial charge in [-0.1, -0.05) is 97.1 Å². The van der Waals surface area contributed by atoms with Crippen molar-refractivity contribution >= 4 is 65.4 Å². The van der Waals surface area contributed by atoms with Gasteiger partial charge in [0.05, 0.1) is 56.4 Å².